The number of carbonyl (C=O) groups excluding carboxylic acids is 1. The van der Waals surface area contributed by atoms with Gasteiger partial charge in [-0.05, 0) is 43.7 Å². The lowest BCUT2D eigenvalue weighted by atomic mass is 9.87. The van der Waals surface area contributed by atoms with Gasteiger partial charge in [-0.15, -0.1) is 0 Å². The zero-order chi connectivity index (χ0) is 13.1. The van der Waals surface area contributed by atoms with Crippen LogP contribution in [0.4, 0.5) is 0 Å². The Labute approximate surface area is 117 Å². The molecular weight excluding hydrogens is 271 g/mol. The first-order valence-electron chi connectivity index (χ1n) is 6.19. The van der Waals surface area contributed by atoms with Crippen molar-refractivity contribution in [2.24, 2.45) is 5.92 Å². The molecule has 0 aliphatic heterocycles. The first-order chi connectivity index (χ1) is 8.56. The largest absolute Gasteiger partial charge is 0.348 e. The number of hydrogen-bond acceptors (Lipinski definition) is 2. The third-order valence-corrected chi connectivity index (χ3v) is 3.89. The number of nitrogens with one attached hydrogen (secondary N) is 1. The topological polar surface area (TPSA) is 42.0 Å². The summed E-state index contributed by atoms with van der Waals surface area (Å²) < 4.78 is 0. The molecule has 5 heteroatoms. The fourth-order valence-corrected chi connectivity index (χ4v) is 2.57. The van der Waals surface area contributed by atoms with Crippen LogP contribution in [0, 0.1) is 5.92 Å². The average Bonchev–Trinajstić information content (AvgIpc) is 2.35. The van der Waals surface area contributed by atoms with Crippen molar-refractivity contribution in [2.45, 2.75) is 38.6 Å². The van der Waals surface area contributed by atoms with E-state index in [0.717, 1.165) is 31.6 Å². The van der Waals surface area contributed by atoms with Crippen LogP contribution in [0.5, 0.6) is 0 Å². The molecule has 2 rings (SSSR count). The highest BCUT2D eigenvalue weighted by Gasteiger charge is 2.22. The number of aromatic nitrogens is 1. The summed E-state index contributed by atoms with van der Waals surface area (Å²) in [7, 11) is 0. The highest BCUT2D eigenvalue weighted by molar-refractivity contribution is 6.34. The molecule has 0 saturated heterocycles. The molecule has 0 spiro atoms. The highest BCUT2D eigenvalue weighted by atomic mass is 35.5. The first-order valence-corrected chi connectivity index (χ1v) is 6.94. The van der Waals surface area contributed by atoms with Crippen LogP contribution in [-0.2, 0) is 0 Å². The summed E-state index contributed by atoms with van der Waals surface area (Å²) in [5.41, 5.74) is 0.211. The van der Waals surface area contributed by atoms with Crippen LogP contribution >= 0.6 is 23.2 Å². The molecule has 3 nitrogen and oxygen atoms in total. The fraction of sp³-hybridized carbons (Fsp3) is 0.538. The molecule has 1 aliphatic rings. The Morgan fingerprint density at radius 3 is 2.61 bits per heavy atom. The zero-order valence-corrected chi connectivity index (χ0v) is 11.8. The SMILES string of the molecule is CC1CCC(NC(=O)c2nc(Cl)ccc2Cl)CC1. The normalized spacial score (nSPS) is 23.7. The predicted octanol–water partition coefficient (Wildman–Crippen LogP) is 3.70. The number of carbonyl (C=O) groups is 1. The van der Waals surface area contributed by atoms with Crippen LogP contribution < -0.4 is 5.32 Å². The van der Waals surface area contributed by atoms with Gasteiger partial charge in [-0.2, -0.15) is 0 Å². The van der Waals surface area contributed by atoms with Crippen LogP contribution in [0.2, 0.25) is 10.2 Å². The molecule has 1 saturated carbocycles. The lowest BCUT2D eigenvalue weighted by Crippen LogP contribution is -2.37. The number of rotatable bonds is 2. The van der Waals surface area contributed by atoms with E-state index in [1.165, 1.54) is 0 Å². The lowest BCUT2D eigenvalue weighted by Gasteiger charge is -2.26. The van der Waals surface area contributed by atoms with Crippen LogP contribution in [0.25, 0.3) is 0 Å². The first kappa shape index (κ1) is 13.6. The Bertz CT molecular complexity index is 443. The van der Waals surface area contributed by atoms with E-state index < -0.39 is 0 Å². The maximum atomic E-state index is 12.1. The molecule has 1 heterocycles. The van der Waals surface area contributed by atoms with Crippen molar-refractivity contribution >= 4 is 29.1 Å². The van der Waals surface area contributed by atoms with Gasteiger partial charge in [0.25, 0.3) is 5.91 Å². The van der Waals surface area contributed by atoms with E-state index in [2.05, 4.69) is 17.2 Å². The number of hydrogen-bond donors (Lipinski definition) is 1. The molecule has 1 fully saturated rings. The van der Waals surface area contributed by atoms with Gasteiger partial charge in [-0.1, -0.05) is 30.1 Å². The molecule has 1 aromatic rings. The molecule has 0 atom stereocenters. The van der Waals surface area contributed by atoms with E-state index in [9.17, 15) is 4.79 Å². The summed E-state index contributed by atoms with van der Waals surface area (Å²) in [6, 6.07) is 3.39. The van der Waals surface area contributed by atoms with E-state index in [0.29, 0.717) is 5.02 Å². The molecular formula is C13H16Cl2N2O. The van der Waals surface area contributed by atoms with Gasteiger partial charge in [0.05, 0.1) is 5.02 Å². The van der Waals surface area contributed by atoms with Gasteiger partial charge >= 0.3 is 0 Å². The summed E-state index contributed by atoms with van der Waals surface area (Å²) in [6.07, 6.45) is 4.35. The van der Waals surface area contributed by atoms with Crippen LogP contribution in [0.1, 0.15) is 43.1 Å². The van der Waals surface area contributed by atoms with E-state index in [1.54, 1.807) is 12.1 Å². The predicted molar refractivity (Wildman–Crippen MR) is 73.1 cm³/mol. The summed E-state index contributed by atoms with van der Waals surface area (Å²) in [5, 5.41) is 3.59. The molecule has 1 aliphatic carbocycles. The molecule has 98 valence electrons. The zero-order valence-electron chi connectivity index (χ0n) is 10.2. The molecule has 18 heavy (non-hydrogen) atoms. The Kier molecular flexibility index (Phi) is 4.46. The molecule has 0 bridgehead atoms. The van der Waals surface area contributed by atoms with Gasteiger partial charge in [0.2, 0.25) is 0 Å². The van der Waals surface area contributed by atoms with Crippen molar-refractivity contribution in [3.63, 3.8) is 0 Å². The van der Waals surface area contributed by atoms with Crippen molar-refractivity contribution < 1.29 is 4.79 Å². The number of pyridine rings is 1. The molecule has 0 unspecified atom stereocenters. The molecule has 0 aromatic carbocycles. The lowest BCUT2D eigenvalue weighted by molar-refractivity contribution is 0.0918. The van der Waals surface area contributed by atoms with Gasteiger partial charge in [0, 0.05) is 6.04 Å². The maximum absolute atomic E-state index is 12.1. The smallest absolute Gasteiger partial charge is 0.271 e. The Morgan fingerprint density at radius 1 is 1.28 bits per heavy atom. The van der Waals surface area contributed by atoms with Crippen molar-refractivity contribution in [3.8, 4) is 0 Å². The van der Waals surface area contributed by atoms with E-state index in [1.807, 2.05) is 0 Å². The van der Waals surface area contributed by atoms with Crippen LogP contribution in [-0.4, -0.2) is 16.9 Å². The molecule has 1 aromatic heterocycles. The third-order valence-electron chi connectivity index (χ3n) is 3.38. The van der Waals surface area contributed by atoms with E-state index in [4.69, 9.17) is 23.2 Å². The van der Waals surface area contributed by atoms with Crippen molar-refractivity contribution in [2.75, 3.05) is 0 Å². The second-order valence-corrected chi connectivity index (χ2v) is 5.69. The number of amides is 1. The Balaban J connectivity index is 2.01. The van der Waals surface area contributed by atoms with E-state index >= 15 is 0 Å². The van der Waals surface area contributed by atoms with Crippen molar-refractivity contribution in [1.29, 1.82) is 0 Å². The maximum Gasteiger partial charge on any atom is 0.271 e. The molecule has 1 amide bonds. The third kappa shape index (κ3) is 3.36. The van der Waals surface area contributed by atoms with Gasteiger partial charge in [0.15, 0.2) is 0 Å². The minimum absolute atomic E-state index is 0.211. The van der Waals surface area contributed by atoms with Crippen molar-refractivity contribution in [1.82, 2.24) is 10.3 Å². The van der Waals surface area contributed by atoms with Gasteiger partial charge < -0.3 is 5.32 Å². The summed E-state index contributed by atoms with van der Waals surface area (Å²) >= 11 is 11.7. The van der Waals surface area contributed by atoms with Gasteiger partial charge in [0.1, 0.15) is 10.8 Å². The van der Waals surface area contributed by atoms with Crippen LogP contribution in [0.15, 0.2) is 12.1 Å². The molecule has 1 N–H and O–H groups in total. The Morgan fingerprint density at radius 2 is 1.94 bits per heavy atom. The summed E-state index contributed by atoms with van der Waals surface area (Å²) in [6.45, 7) is 2.24. The minimum atomic E-state index is -0.234. The van der Waals surface area contributed by atoms with E-state index in [-0.39, 0.29) is 22.8 Å². The quantitative estimate of drug-likeness (QED) is 0.843. The fourth-order valence-electron chi connectivity index (χ4n) is 2.24. The Hall–Kier alpha value is -0.800. The number of halogens is 2. The summed E-state index contributed by atoms with van der Waals surface area (Å²) in [4.78, 5) is 16.0. The van der Waals surface area contributed by atoms with Gasteiger partial charge in [-0.3, -0.25) is 4.79 Å². The number of nitrogens with zero attached hydrogens (tertiary/aromatic N) is 1. The van der Waals surface area contributed by atoms with Crippen LogP contribution in [0.3, 0.4) is 0 Å². The monoisotopic (exact) mass is 286 g/mol. The second kappa shape index (κ2) is 5.89. The van der Waals surface area contributed by atoms with Crippen molar-refractivity contribution in [3.05, 3.63) is 28.0 Å². The standard InChI is InChI=1S/C13H16Cl2N2O/c1-8-2-4-9(5-3-8)16-13(18)12-10(14)6-7-11(15)17-12/h6-9H,2-5H2,1H3,(H,16,18). The molecule has 0 radical (unpaired) electrons. The second-order valence-electron chi connectivity index (χ2n) is 4.89. The summed E-state index contributed by atoms with van der Waals surface area (Å²) in [5.74, 6) is 0.521. The average molecular weight is 287 g/mol. The highest BCUT2D eigenvalue weighted by Crippen LogP contribution is 2.24. The van der Waals surface area contributed by atoms with Gasteiger partial charge in [-0.25, -0.2) is 4.98 Å². The minimum Gasteiger partial charge on any atom is -0.348 e.